The molecule has 1 fully saturated rings. The number of aliphatic imine (C=N–C) groups is 1. The van der Waals surface area contributed by atoms with Gasteiger partial charge >= 0.3 is 0 Å². The molecule has 1 aromatic carbocycles. The molecule has 0 amide bonds. The highest BCUT2D eigenvalue weighted by molar-refractivity contribution is 5.86. The average molecular weight is 290 g/mol. The molecule has 0 atom stereocenters. The molecular formula is C16H22N2O3. The maximum Gasteiger partial charge on any atom is 0.270 e. The van der Waals surface area contributed by atoms with Crippen LogP contribution in [0.15, 0.2) is 17.1 Å². The lowest BCUT2D eigenvalue weighted by atomic mass is 9.80. The molecule has 1 aliphatic carbocycles. The minimum Gasteiger partial charge on any atom is -0.507 e. The molecule has 5 nitrogen and oxygen atoms in total. The Kier molecular flexibility index (Phi) is 4.30. The molecule has 114 valence electrons. The summed E-state index contributed by atoms with van der Waals surface area (Å²) in [6, 6.07) is 3.16. The van der Waals surface area contributed by atoms with Gasteiger partial charge in [-0.05, 0) is 31.1 Å². The smallest absolute Gasteiger partial charge is 0.270 e. The molecule has 1 N–H and O–H groups in total. The molecule has 0 radical (unpaired) electrons. The van der Waals surface area contributed by atoms with Gasteiger partial charge in [-0.15, -0.1) is 0 Å². The summed E-state index contributed by atoms with van der Waals surface area (Å²) in [5, 5.41) is 21.6. The molecule has 21 heavy (non-hydrogen) atoms. The van der Waals surface area contributed by atoms with E-state index in [4.69, 9.17) is 0 Å². The Bertz CT molecular complexity index is 575. The van der Waals surface area contributed by atoms with Crippen LogP contribution in [0.4, 0.5) is 5.69 Å². The van der Waals surface area contributed by atoms with E-state index in [-0.39, 0.29) is 16.9 Å². The number of nitrogens with zero attached hydrogens (tertiary/aromatic N) is 2. The number of phenols is 1. The van der Waals surface area contributed by atoms with E-state index in [0.717, 1.165) is 19.3 Å². The number of non-ortho nitro benzene ring substituents is 1. The van der Waals surface area contributed by atoms with Crippen LogP contribution in [-0.4, -0.2) is 22.3 Å². The van der Waals surface area contributed by atoms with Crippen molar-refractivity contribution in [3.8, 4) is 5.75 Å². The van der Waals surface area contributed by atoms with Gasteiger partial charge in [0.05, 0.1) is 4.92 Å². The van der Waals surface area contributed by atoms with Crippen molar-refractivity contribution in [1.82, 2.24) is 0 Å². The van der Waals surface area contributed by atoms with Crippen molar-refractivity contribution >= 4 is 11.9 Å². The van der Waals surface area contributed by atoms with E-state index < -0.39 is 4.92 Å². The zero-order chi connectivity index (χ0) is 15.6. The molecule has 2 rings (SSSR count). The van der Waals surface area contributed by atoms with Crippen molar-refractivity contribution < 1.29 is 10.0 Å². The van der Waals surface area contributed by atoms with Crippen LogP contribution in [0.3, 0.4) is 0 Å². The molecule has 0 unspecified atom stereocenters. The first-order valence-corrected chi connectivity index (χ1v) is 7.40. The Morgan fingerprint density at radius 2 is 2.14 bits per heavy atom. The number of benzene rings is 1. The van der Waals surface area contributed by atoms with Gasteiger partial charge in [-0.1, -0.05) is 20.8 Å². The minimum atomic E-state index is -0.421. The summed E-state index contributed by atoms with van der Waals surface area (Å²) in [5.74, 6) is 0.107. The second-order valence-corrected chi connectivity index (χ2v) is 6.29. The summed E-state index contributed by atoms with van der Waals surface area (Å²) in [7, 11) is 0. The zero-order valence-electron chi connectivity index (χ0n) is 12.8. The standard InChI is InChI=1S/C16H22N2O3/c1-4-16(2,3)14-9-13(18(20)21)8-11(15(14)19)10-17-12-6-5-7-12/h8-10,12,19H,4-7H2,1-3H3. The Labute approximate surface area is 124 Å². The number of phenolic OH excluding ortho intramolecular Hbond substituents is 1. The molecule has 0 aliphatic heterocycles. The van der Waals surface area contributed by atoms with Crippen LogP contribution in [-0.2, 0) is 5.41 Å². The molecule has 0 bridgehead atoms. The van der Waals surface area contributed by atoms with Crippen LogP contribution in [0.2, 0.25) is 0 Å². The second-order valence-electron chi connectivity index (χ2n) is 6.29. The summed E-state index contributed by atoms with van der Waals surface area (Å²) < 4.78 is 0. The summed E-state index contributed by atoms with van der Waals surface area (Å²) >= 11 is 0. The second kappa shape index (κ2) is 5.84. The van der Waals surface area contributed by atoms with Crippen LogP contribution in [0, 0.1) is 10.1 Å². The lowest BCUT2D eigenvalue weighted by Gasteiger charge is -2.25. The van der Waals surface area contributed by atoms with Crippen molar-refractivity contribution in [2.75, 3.05) is 0 Å². The van der Waals surface area contributed by atoms with Gasteiger partial charge in [0.1, 0.15) is 5.75 Å². The molecule has 1 aromatic rings. The highest BCUT2D eigenvalue weighted by Gasteiger charge is 2.26. The van der Waals surface area contributed by atoms with Gasteiger partial charge in [0, 0.05) is 35.5 Å². The Morgan fingerprint density at radius 1 is 1.48 bits per heavy atom. The molecule has 5 heteroatoms. The number of hydrogen-bond acceptors (Lipinski definition) is 4. The topological polar surface area (TPSA) is 75.7 Å². The number of aromatic hydroxyl groups is 1. The van der Waals surface area contributed by atoms with Gasteiger partial charge in [-0.3, -0.25) is 15.1 Å². The van der Waals surface area contributed by atoms with E-state index in [2.05, 4.69) is 4.99 Å². The fraction of sp³-hybridized carbons (Fsp3) is 0.562. The monoisotopic (exact) mass is 290 g/mol. The third kappa shape index (κ3) is 3.23. The highest BCUT2D eigenvalue weighted by Crippen LogP contribution is 2.38. The van der Waals surface area contributed by atoms with Crippen molar-refractivity contribution in [2.24, 2.45) is 4.99 Å². The normalized spacial score (nSPS) is 16.1. The Hall–Kier alpha value is -1.91. The molecule has 0 heterocycles. The van der Waals surface area contributed by atoms with Crippen LogP contribution in [0.5, 0.6) is 5.75 Å². The quantitative estimate of drug-likeness (QED) is 0.506. The van der Waals surface area contributed by atoms with E-state index in [9.17, 15) is 15.2 Å². The van der Waals surface area contributed by atoms with Crippen molar-refractivity contribution in [2.45, 2.75) is 57.9 Å². The Morgan fingerprint density at radius 3 is 2.62 bits per heavy atom. The number of hydrogen-bond donors (Lipinski definition) is 1. The predicted molar refractivity (Wildman–Crippen MR) is 83.3 cm³/mol. The highest BCUT2D eigenvalue weighted by atomic mass is 16.6. The molecule has 1 saturated carbocycles. The summed E-state index contributed by atoms with van der Waals surface area (Å²) in [6.45, 7) is 5.94. The van der Waals surface area contributed by atoms with Crippen LogP contribution < -0.4 is 0 Å². The lowest BCUT2D eigenvalue weighted by molar-refractivity contribution is -0.385. The summed E-state index contributed by atoms with van der Waals surface area (Å²) in [4.78, 5) is 15.1. The molecule has 0 aromatic heterocycles. The number of nitro groups is 1. The van der Waals surface area contributed by atoms with E-state index in [1.807, 2.05) is 20.8 Å². The molecular weight excluding hydrogens is 268 g/mol. The van der Waals surface area contributed by atoms with Crippen molar-refractivity contribution in [3.05, 3.63) is 33.4 Å². The third-order valence-corrected chi connectivity index (χ3v) is 4.45. The average Bonchev–Trinajstić information content (AvgIpc) is 2.38. The van der Waals surface area contributed by atoms with Gasteiger partial charge in [-0.25, -0.2) is 0 Å². The first-order chi connectivity index (χ1) is 9.85. The maximum absolute atomic E-state index is 11.1. The van der Waals surface area contributed by atoms with Crippen LogP contribution >= 0.6 is 0 Å². The molecule has 1 aliphatic rings. The minimum absolute atomic E-state index is 0.000570. The van der Waals surface area contributed by atoms with Gasteiger partial charge in [0.2, 0.25) is 0 Å². The number of rotatable bonds is 5. The van der Waals surface area contributed by atoms with Crippen LogP contribution in [0.25, 0.3) is 0 Å². The zero-order valence-corrected chi connectivity index (χ0v) is 12.8. The fourth-order valence-corrected chi connectivity index (χ4v) is 2.27. The van der Waals surface area contributed by atoms with E-state index >= 15 is 0 Å². The van der Waals surface area contributed by atoms with E-state index in [1.54, 1.807) is 6.21 Å². The first-order valence-electron chi connectivity index (χ1n) is 7.40. The Balaban J connectivity index is 2.47. The van der Waals surface area contributed by atoms with Gasteiger partial charge in [-0.2, -0.15) is 0 Å². The molecule has 0 spiro atoms. The lowest BCUT2D eigenvalue weighted by Crippen LogP contribution is -2.17. The van der Waals surface area contributed by atoms with Gasteiger partial charge in [0.25, 0.3) is 5.69 Å². The summed E-state index contributed by atoms with van der Waals surface area (Å²) in [5.41, 5.74) is 0.719. The van der Waals surface area contributed by atoms with Crippen molar-refractivity contribution in [3.63, 3.8) is 0 Å². The van der Waals surface area contributed by atoms with Gasteiger partial charge < -0.3 is 5.11 Å². The first kappa shape index (κ1) is 15.5. The third-order valence-electron chi connectivity index (χ3n) is 4.45. The summed E-state index contributed by atoms with van der Waals surface area (Å²) in [6.07, 6.45) is 5.65. The number of nitro benzene ring substituents is 1. The van der Waals surface area contributed by atoms with Crippen LogP contribution in [0.1, 0.15) is 57.6 Å². The maximum atomic E-state index is 11.1. The van der Waals surface area contributed by atoms with Crippen molar-refractivity contribution in [1.29, 1.82) is 0 Å². The SMILES string of the molecule is CCC(C)(C)c1cc([N+](=O)[O-])cc(C=NC2CCC2)c1O. The fourth-order valence-electron chi connectivity index (χ4n) is 2.27. The van der Waals surface area contributed by atoms with E-state index in [0.29, 0.717) is 17.2 Å². The largest absolute Gasteiger partial charge is 0.507 e. The van der Waals surface area contributed by atoms with Gasteiger partial charge in [0.15, 0.2) is 0 Å². The predicted octanol–water partition coefficient (Wildman–Crippen LogP) is 3.96. The molecule has 0 saturated heterocycles. The van der Waals surface area contributed by atoms with E-state index in [1.165, 1.54) is 18.6 Å².